The highest BCUT2D eigenvalue weighted by Crippen LogP contribution is 2.23. The number of aryl methyl sites for hydroxylation is 1. The molecule has 1 aromatic rings. The molecular weight excluding hydrogens is 244 g/mol. The molecule has 1 atom stereocenters. The van der Waals surface area contributed by atoms with Gasteiger partial charge in [0.2, 0.25) is 0 Å². The average Bonchev–Trinajstić information content (AvgIpc) is 2.66. The van der Waals surface area contributed by atoms with Crippen LogP contribution in [0, 0.1) is 5.92 Å². The standard InChI is InChI=1S/C13H22N4O2/c1-13(2,3)19-12(18)15-7-9-5-11-10(14-6-9)8-16-17(11)4/h8-9,14H,5-7H2,1-4H3,(H,15,18). The van der Waals surface area contributed by atoms with Gasteiger partial charge in [0.1, 0.15) is 5.60 Å². The van der Waals surface area contributed by atoms with Crippen LogP contribution < -0.4 is 10.6 Å². The van der Waals surface area contributed by atoms with Crippen molar-refractivity contribution in [2.24, 2.45) is 13.0 Å². The zero-order valence-electron chi connectivity index (χ0n) is 12.0. The lowest BCUT2D eigenvalue weighted by atomic mass is 9.99. The molecule has 1 aromatic heterocycles. The van der Waals surface area contributed by atoms with Gasteiger partial charge < -0.3 is 15.4 Å². The van der Waals surface area contributed by atoms with Crippen molar-refractivity contribution >= 4 is 11.8 Å². The largest absolute Gasteiger partial charge is 0.444 e. The molecule has 1 aliphatic heterocycles. The van der Waals surface area contributed by atoms with Crippen molar-refractivity contribution in [3.63, 3.8) is 0 Å². The molecule has 1 amide bonds. The average molecular weight is 266 g/mol. The Morgan fingerprint density at radius 3 is 3.05 bits per heavy atom. The summed E-state index contributed by atoms with van der Waals surface area (Å²) in [6.07, 6.45) is 2.39. The summed E-state index contributed by atoms with van der Waals surface area (Å²) in [6.45, 7) is 7.02. The van der Waals surface area contributed by atoms with E-state index < -0.39 is 5.60 Å². The number of hydrogen-bond donors (Lipinski definition) is 2. The fraction of sp³-hybridized carbons (Fsp3) is 0.692. The molecule has 0 spiro atoms. The quantitative estimate of drug-likeness (QED) is 0.852. The van der Waals surface area contributed by atoms with E-state index in [1.807, 2.05) is 38.7 Å². The van der Waals surface area contributed by atoms with Gasteiger partial charge in [-0.25, -0.2) is 4.79 Å². The van der Waals surface area contributed by atoms with Crippen LogP contribution in [0.5, 0.6) is 0 Å². The first-order valence-electron chi connectivity index (χ1n) is 6.57. The zero-order chi connectivity index (χ0) is 14.0. The van der Waals surface area contributed by atoms with E-state index in [1.165, 1.54) is 5.69 Å². The summed E-state index contributed by atoms with van der Waals surface area (Å²) in [7, 11) is 1.93. The predicted octanol–water partition coefficient (Wildman–Crippen LogP) is 1.53. The van der Waals surface area contributed by atoms with E-state index >= 15 is 0 Å². The maximum Gasteiger partial charge on any atom is 0.407 e. The minimum atomic E-state index is -0.454. The third-order valence-electron chi connectivity index (χ3n) is 3.06. The molecular formula is C13H22N4O2. The van der Waals surface area contributed by atoms with Crippen LogP contribution in [-0.4, -0.2) is 34.6 Å². The second-order valence-electron chi connectivity index (χ2n) is 5.96. The van der Waals surface area contributed by atoms with Crippen molar-refractivity contribution < 1.29 is 9.53 Å². The molecule has 2 heterocycles. The zero-order valence-corrected chi connectivity index (χ0v) is 12.0. The number of rotatable bonds is 2. The molecule has 0 aromatic carbocycles. The number of anilines is 1. The van der Waals surface area contributed by atoms with E-state index in [1.54, 1.807) is 0 Å². The van der Waals surface area contributed by atoms with Crippen molar-refractivity contribution in [1.82, 2.24) is 15.1 Å². The number of hydrogen-bond acceptors (Lipinski definition) is 4. The van der Waals surface area contributed by atoms with Gasteiger partial charge in [0.25, 0.3) is 0 Å². The van der Waals surface area contributed by atoms with Gasteiger partial charge in [-0.1, -0.05) is 0 Å². The van der Waals surface area contributed by atoms with Crippen LogP contribution in [0.25, 0.3) is 0 Å². The Morgan fingerprint density at radius 2 is 2.37 bits per heavy atom. The van der Waals surface area contributed by atoms with E-state index in [4.69, 9.17) is 4.74 Å². The first kappa shape index (κ1) is 13.7. The lowest BCUT2D eigenvalue weighted by molar-refractivity contribution is 0.0519. The van der Waals surface area contributed by atoms with Gasteiger partial charge in [0, 0.05) is 20.1 Å². The van der Waals surface area contributed by atoms with Gasteiger partial charge in [-0.3, -0.25) is 4.68 Å². The van der Waals surface area contributed by atoms with Gasteiger partial charge in [-0.2, -0.15) is 5.10 Å². The van der Waals surface area contributed by atoms with Gasteiger partial charge >= 0.3 is 6.09 Å². The molecule has 0 bridgehead atoms. The Morgan fingerprint density at radius 1 is 1.63 bits per heavy atom. The van der Waals surface area contributed by atoms with Gasteiger partial charge in [0.05, 0.1) is 17.6 Å². The van der Waals surface area contributed by atoms with Crippen LogP contribution >= 0.6 is 0 Å². The number of nitrogens with one attached hydrogen (secondary N) is 2. The number of carbonyl (C=O) groups excluding carboxylic acids is 1. The maximum atomic E-state index is 11.6. The van der Waals surface area contributed by atoms with E-state index in [9.17, 15) is 4.79 Å². The van der Waals surface area contributed by atoms with E-state index in [-0.39, 0.29) is 6.09 Å². The number of nitrogens with zero attached hydrogens (tertiary/aromatic N) is 2. The first-order chi connectivity index (χ1) is 8.85. The van der Waals surface area contributed by atoms with Crippen LogP contribution in [0.4, 0.5) is 10.5 Å². The lowest BCUT2D eigenvalue weighted by Gasteiger charge is -2.25. The second-order valence-corrected chi connectivity index (χ2v) is 5.96. The van der Waals surface area contributed by atoms with E-state index in [0.717, 1.165) is 18.7 Å². The Balaban J connectivity index is 1.83. The van der Waals surface area contributed by atoms with E-state index in [0.29, 0.717) is 12.5 Å². The highest BCUT2D eigenvalue weighted by Gasteiger charge is 2.23. The number of aromatic nitrogens is 2. The van der Waals surface area contributed by atoms with E-state index in [2.05, 4.69) is 15.7 Å². The molecule has 1 unspecified atom stereocenters. The van der Waals surface area contributed by atoms with Crippen LogP contribution in [0.15, 0.2) is 6.20 Å². The summed E-state index contributed by atoms with van der Waals surface area (Å²) >= 11 is 0. The van der Waals surface area contributed by atoms with Crippen molar-refractivity contribution in [2.75, 3.05) is 18.4 Å². The number of amides is 1. The number of ether oxygens (including phenoxy) is 1. The maximum absolute atomic E-state index is 11.6. The van der Waals surface area contributed by atoms with Crippen molar-refractivity contribution in [2.45, 2.75) is 32.8 Å². The lowest BCUT2D eigenvalue weighted by Crippen LogP contribution is -2.38. The Kier molecular flexibility index (Phi) is 3.68. The van der Waals surface area contributed by atoms with Gasteiger partial charge in [0.15, 0.2) is 0 Å². The summed E-state index contributed by atoms with van der Waals surface area (Å²) in [4.78, 5) is 11.6. The first-order valence-corrected chi connectivity index (χ1v) is 6.57. The smallest absolute Gasteiger partial charge is 0.407 e. The van der Waals surface area contributed by atoms with Gasteiger partial charge in [-0.05, 0) is 33.1 Å². The third kappa shape index (κ3) is 3.62. The number of alkyl carbamates (subject to hydrolysis) is 1. The highest BCUT2D eigenvalue weighted by atomic mass is 16.6. The Labute approximate surface area is 113 Å². The fourth-order valence-electron chi connectivity index (χ4n) is 2.14. The predicted molar refractivity (Wildman–Crippen MR) is 73.1 cm³/mol. The summed E-state index contributed by atoms with van der Waals surface area (Å²) in [5.74, 6) is 0.357. The summed E-state index contributed by atoms with van der Waals surface area (Å²) < 4.78 is 7.10. The molecule has 0 aliphatic carbocycles. The van der Waals surface area contributed by atoms with Crippen LogP contribution in [0.2, 0.25) is 0 Å². The van der Waals surface area contributed by atoms with Crippen molar-refractivity contribution in [1.29, 1.82) is 0 Å². The molecule has 0 saturated heterocycles. The minimum absolute atomic E-state index is 0.357. The molecule has 0 radical (unpaired) electrons. The van der Waals surface area contributed by atoms with Crippen LogP contribution in [0.3, 0.4) is 0 Å². The monoisotopic (exact) mass is 266 g/mol. The SMILES string of the molecule is Cn1ncc2c1CC(CNC(=O)OC(C)(C)C)CN2. The molecule has 2 N–H and O–H groups in total. The summed E-state index contributed by atoms with van der Waals surface area (Å²) in [5, 5.41) is 10.4. The second kappa shape index (κ2) is 5.11. The molecule has 6 nitrogen and oxygen atoms in total. The Hall–Kier alpha value is -1.72. The summed E-state index contributed by atoms with van der Waals surface area (Å²) in [5.41, 5.74) is 1.82. The molecule has 19 heavy (non-hydrogen) atoms. The van der Waals surface area contributed by atoms with Crippen molar-refractivity contribution in [3.8, 4) is 0 Å². The number of carbonyl (C=O) groups is 1. The number of fused-ring (bicyclic) bond motifs is 1. The molecule has 0 fully saturated rings. The Bertz CT molecular complexity index is 462. The molecule has 0 saturated carbocycles. The van der Waals surface area contributed by atoms with Crippen LogP contribution in [-0.2, 0) is 18.2 Å². The molecule has 2 rings (SSSR count). The fourth-order valence-corrected chi connectivity index (χ4v) is 2.14. The summed E-state index contributed by atoms with van der Waals surface area (Å²) in [6, 6.07) is 0. The minimum Gasteiger partial charge on any atom is -0.444 e. The van der Waals surface area contributed by atoms with Gasteiger partial charge in [-0.15, -0.1) is 0 Å². The molecule has 106 valence electrons. The topological polar surface area (TPSA) is 68.2 Å². The highest BCUT2D eigenvalue weighted by molar-refractivity contribution is 5.67. The van der Waals surface area contributed by atoms with Crippen molar-refractivity contribution in [3.05, 3.63) is 11.9 Å². The normalized spacial score (nSPS) is 18.4. The van der Waals surface area contributed by atoms with Crippen LogP contribution in [0.1, 0.15) is 26.5 Å². The third-order valence-corrected chi connectivity index (χ3v) is 3.06. The molecule has 1 aliphatic rings. The molecule has 6 heteroatoms.